The largest absolute Gasteiger partial charge is 0.0713 e. The van der Waals surface area contributed by atoms with Gasteiger partial charge in [0.25, 0.3) is 0 Å². The Morgan fingerprint density at radius 1 is 0.286 bits per heavy atom. The van der Waals surface area contributed by atoms with Crippen molar-refractivity contribution >= 4 is 21.5 Å². The van der Waals surface area contributed by atoms with Gasteiger partial charge in [-0.2, -0.15) is 0 Å². The molecule has 2 aliphatic carbocycles. The van der Waals surface area contributed by atoms with Crippen molar-refractivity contribution in [2.45, 2.75) is 38.5 Å². The second-order valence-electron chi connectivity index (χ2n) is 16.3. The summed E-state index contributed by atoms with van der Waals surface area (Å²) in [6, 6.07) is 69.8. The molecule has 11 rings (SSSR count). The topological polar surface area (TPSA) is 0 Å². The first-order valence-corrected chi connectivity index (χ1v) is 19.9. The molecule has 0 spiro atoms. The molecule has 9 aromatic carbocycles. The Morgan fingerprint density at radius 2 is 0.589 bits per heavy atom. The molecule has 0 aliphatic heterocycles. The van der Waals surface area contributed by atoms with Gasteiger partial charge in [0, 0.05) is 0 Å². The van der Waals surface area contributed by atoms with E-state index in [1.165, 1.54) is 111 Å². The molecule has 0 heterocycles. The Kier molecular flexibility index (Phi) is 7.05. The van der Waals surface area contributed by atoms with Gasteiger partial charge in [0.05, 0.1) is 10.8 Å². The van der Waals surface area contributed by atoms with Crippen LogP contribution in [0.15, 0.2) is 182 Å². The van der Waals surface area contributed by atoms with Gasteiger partial charge >= 0.3 is 0 Å². The molecule has 0 amide bonds. The molecule has 56 heavy (non-hydrogen) atoms. The highest BCUT2D eigenvalue weighted by Gasteiger charge is 2.48. The van der Waals surface area contributed by atoms with E-state index >= 15 is 0 Å². The number of aryl methyl sites for hydroxylation is 4. The minimum atomic E-state index is -0.435. The molecule has 9 aromatic rings. The first-order chi connectivity index (χ1) is 27.4. The Balaban J connectivity index is 1.22. The average Bonchev–Trinajstić information content (AvgIpc) is 3.70. The van der Waals surface area contributed by atoms with Crippen LogP contribution in [0.5, 0.6) is 0 Å². The molecular formula is C56H42. The SMILES string of the molecule is Cc1ccc(C2(c3ccc(C)cc3)c3ccccc3-c3c2ccc2cc4c5c(ccc4cc32)C(c2ccc(C)cc2)(c2ccc(C)cc2)c2ccccc2-5)cc1. The first kappa shape index (κ1) is 32.9. The lowest BCUT2D eigenvalue weighted by atomic mass is 9.67. The molecule has 0 nitrogen and oxygen atoms in total. The van der Waals surface area contributed by atoms with Gasteiger partial charge in [-0.1, -0.05) is 192 Å². The van der Waals surface area contributed by atoms with Crippen LogP contribution in [0.3, 0.4) is 0 Å². The highest BCUT2D eigenvalue weighted by molar-refractivity contribution is 6.13. The van der Waals surface area contributed by atoms with Crippen molar-refractivity contribution in [2.24, 2.45) is 0 Å². The van der Waals surface area contributed by atoms with Gasteiger partial charge in [-0.3, -0.25) is 0 Å². The third-order valence-electron chi connectivity index (χ3n) is 13.1. The number of rotatable bonds is 4. The number of fused-ring (bicyclic) bond motifs is 10. The van der Waals surface area contributed by atoms with Gasteiger partial charge in [-0.15, -0.1) is 0 Å². The van der Waals surface area contributed by atoms with E-state index in [0.717, 1.165) is 0 Å². The van der Waals surface area contributed by atoms with Gasteiger partial charge in [-0.05, 0) is 128 Å². The summed E-state index contributed by atoms with van der Waals surface area (Å²) >= 11 is 0. The molecule has 0 saturated heterocycles. The molecule has 0 heteroatoms. The number of hydrogen-bond donors (Lipinski definition) is 0. The lowest BCUT2D eigenvalue weighted by Crippen LogP contribution is -2.28. The summed E-state index contributed by atoms with van der Waals surface area (Å²) in [5.74, 6) is 0. The van der Waals surface area contributed by atoms with Gasteiger partial charge in [-0.25, -0.2) is 0 Å². The maximum atomic E-state index is 2.49. The second-order valence-corrected chi connectivity index (χ2v) is 16.3. The van der Waals surface area contributed by atoms with Gasteiger partial charge in [0.1, 0.15) is 0 Å². The van der Waals surface area contributed by atoms with Crippen molar-refractivity contribution in [2.75, 3.05) is 0 Å². The third kappa shape index (κ3) is 4.36. The molecule has 0 saturated carbocycles. The first-order valence-electron chi connectivity index (χ1n) is 19.9. The van der Waals surface area contributed by atoms with Crippen LogP contribution in [-0.4, -0.2) is 0 Å². The van der Waals surface area contributed by atoms with Gasteiger partial charge < -0.3 is 0 Å². The van der Waals surface area contributed by atoms with Crippen molar-refractivity contribution in [3.8, 4) is 22.3 Å². The molecular weight excluding hydrogens is 673 g/mol. The van der Waals surface area contributed by atoms with Gasteiger partial charge in [0.15, 0.2) is 0 Å². The molecule has 0 bridgehead atoms. The van der Waals surface area contributed by atoms with Gasteiger partial charge in [0.2, 0.25) is 0 Å². The van der Waals surface area contributed by atoms with E-state index in [9.17, 15) is 0 Å². The Hall–Kier alpha value is -6.50. The maximum absolute atomic E-state index is 2.49. The molecule has 0 fully saturated rings. The molecule has 2 aliphatic rings. The fourth-order valence-electron chi connectivity index (χ4n) is 10.5. The monoisotopic (exact) mass is 714 g/mol. The molecule has 0 atom stereocenters. The molecule has 266 valence electrons. The van der Waals surface area contributed by atoms with Crippen LogP contribution in [0.2, 0.25) is 0 Å². The summed E-state index contributed by atoms with van der Waals surface area (Å²) in [5, 5.41) is 5.14. The highest BCUT2D eigenvalue weighted by Crippen LogP contribution is 2.60. The zero-order valence-corrected chi connectivity index (χ0v) is 32.3. The molecule has 0 N–H and O–H groups in total. The molecule has 0 radical (unpaired) electrons. The van der Waals surface area contributed by atoms with E-state index in [0.29, 0.717) is 0 Å². The summed E-state index contributed by atoms with van der Waals surface area (Å²) < 4.78 is 0. The predicted molar refractivity (Wildman–Crippen MR) is 235 cm³/mol. The standard InChI is InChI=1S/C56H42/c1-35-13-23-41(24-14-35)55(42-25-15-36(2)16-26-42)49-11-7-5-9-45(49)53-47-33-40-22-32-52-54(48(40)34-39(47)21-31-51(53)55)46-10-6-8-12-50(46)56(52,43-27-17-37(3)18-28-43)44-29-19-38(4)20-30-44/h5-34H,1-4H3. The normalized spacial score (nSPS) is 14.4. The van der Waals surface area contributed by atoms with Crippen molar-refractivity contribution in [1.29, 1.82) is 0 Å². The van der Waals surface area contributed by atoms with Crippen LogP contribution in [0, 0.1) is 27.7 Å². The highest BCUT2D eigenvalue weighted by atomic mass is 14.5. The minimum Gasteiger partial charge on any atom is -0.0619 e. The quantitative estimate of drug-likeness (QED) is 0.159. The smallest absolute Gasteiger partial charge is 0.0619 e. The summed E-state index contributed by atoms with van der Waals surface area (Å²) in [5.41, 5.74) is 20.1. The van der Waals surface area contributed by atoms with E-state index in [1.54, 1.807) is 0 Å². The second kappa shape index (κ2) is 12.0. The van der Waals surface area contributed by atoms with E-state index in [4.69, 9.17) is 0 Å². The third-order valence-corrected chi connectivity index (χ3v) is 13.1. The van der Waals surface area contributed by atoms with E-state index in [1.807, 2.05) is 0 Å². The van der Waals surface area contributed by atoms with E-state index < -0.39 is 10.8 Å². The maximum Gasteiger partial charge on any atom is 0.0713 e. The predicted octanol–water partition coefficient (Wildman–Crippen LogP) is 14.0. The summed E-state index contributed by atoms with van der Waals surface area (Å²) in [7, 11) is 0. The Bertz CT molecular complexity index is 2710. The Labute approximate surface area is 329 Å². The van der Waals surface area contributed by atoms with E-state index in [-0.39, 0.29) is 0 Å². The van der Waals surface area contributed by atoms with Crippen LogP contribution in [0.4, 0.5) is 0 Å². The fraction of sp³-hybridized carbons (Fsp3) is 0.107. The summed E-state index contributed by atoms with van der Waals surface area (Å²) in [6.07, 6.45) is 0. The van der Waals surface area contributed by atoms with E-state index in [2.05, 4.69) is 210 Å². The number of benzene rings is 9. The van der Waals surface area contributed by atoms with Crippen LogP contribution in [-0.2, 0) is 10.8 Å². The van der Waals surface area contributed by atoms with Crippen molar-refractivity contribution in [1.82, 2.24) is 0 Å². The lowest BCUT2D eigenvalue weighted by Gasteiger charge is -2.34. The zero-order chi connectivity index (χ0) is 37.8. The van der Waals surface area contributed by atoms with Crippen molar-refractivity contribution < 1.29 is 0 Å². The summed E-state index contributed by atoms with van der Waals surface area (Å²) in [6.45, 7) is 8.72. The lowest BCUT2D eigenvalue weighted by molar-refractivity contribution is 0.768. The van der Waals surface area contributed by atoms with Crippen LogP contribution < -0.4 is 0 Å². The summed E-state index contributed by atoms with van der Waals surface area (Å²) in [4.78, 5) is 0. The molecule has 0 aromatic heterocycles. The average molecular weight is 715 g/mol. The van der Waals surface area contributed by atoms with Crippen molar-refractivity contribution in [3.63, 3.8) is 0 Å². The molecule has 0 unspecified atom stereocenters. The fourth-order valence-corrected chi connectivity index (χ4v) is 10.5. The van der Waals surface area contributed by atoms with Crippen LogP contribution in [0.25, 0.3) is 43.8 Å². The minimum absolute atomic E-state index is 0.435. The van der Waals surface area contributed by atoms with Crippen LogP contribution in [0.1, 0.15) is 66.8 Å². The number of hydrogen-bond acceptors (Lipinski definition) is 0. The van der Waals surface area contributed by atoms with Crippen molar-refractivity contribution in [3.05, 3.63) is 249 Å². The zero-order valence-electron chi connectivity index (χ0n) is 32.3. The Morgan fingerprint density at radius 3 is 0.911 bits per heavy atom. The van der Waals surface area contributed by atoms with Crippen LogP contribution >= 0.6 is 0 Å².